The minimum Gasteiger partial charge on any atom is -0.396 e. The summed E-state index contributed by atoms with van der Waals surface area (Å²) in [5, 5.41) is 9.19. The lowest BCUT2D eigenvalue weighted by atomic mass is 10.1. The van der Waals surface area contributed by atoms with Gasteiger partial charge in [0, 0.05) is 38.0 Å². The van der Waals surface area contributed by atoms with Crippen molar-refractivity contribution in [1.29, 1.82) is 0 Å². The first-order valence-electron chi connectivity index (χ1n) is 6.91. The Morgan fingerprint density at radius 3 is 2.79 bits per heavy atom. The molecule has 1 aliphatic heterocycles. The third kappa shape index (κ3) is 3.67. The zero-order valence-electron chi connectivity index (χ0n) is 11.7. The molecule has 0 radical (unpaired) electrons. The molecular formula is C15H23FN2O. The molecule has 19 heavy (non-hydrogen) atoms. The maximum Gasteiger partial charge on any atom is 0.125 e. The smallest absolute Gasteiger partial charge is 0.125 e. The zero-order valence-corrected chi connectivity index (χ0v) is 11.7. The van der Waals surface area contributed by atoms with Crippen LogP contribution in [0.2, 0.25) is 0 Å². The lowest BCUT2D eigenvalue weighted by Crippen LogP contribution is -2.39. The molecule has 0 saturated carbocycles. The average Bonchev–Trinajstić information content (AvgIpc) is 2.49. The quantitative estimate of drug-likeness (QED) is 0.906. The number of aliphatic hydroxyl groups is 1. The van der Waals surface area contributed by atoms with Crippen LogP contribution in [-0.4, -0.2) is 49.3 Å². The van der Waals surface area contributed by atoms with Gasteiger partial charge < -0.3 is 14.9 Å². The van der Waals surface area contributed by atoms with E-state index in [0.717, 1.165) is 31.7 Å². The summed E-state index contributed by atoms with van der Waals surface area (Å²) >= 11 is 0. The first-order chi connectivity index (χ1) is 9.10. The third-order valence-electron chi connectivity index (χ3n) is 3.82. The van der Waals surface area contributed by atoms with Gasteiger partial charge in [0.25, 0.3) is 0 Å². The first kappa shape index (κ1) is 14.3. The Hall–Kier alpha value is -1.13. The maximum absolute atomic E-state index is 13.4. The summed E-state index contributed by atoms with van der Waals surface area (Å²) in [5.41, 5.74) is 0.935. The van der Waals surface area contributed by atoms with Gasteiger partial charge in [-0.25, -0.2) is 4.39 Å². The van der Waals surface area contributed by atoms with Crippen LogP contribution in [0.4, 0.5) is 10.1 Å². The summed E-state index contributed by atoms with van der Waals surface area (Å²) in [6.45, 7) is 5.18. The van der Waals surface area contributed by atoms with E-state index >= 15 is 0 Å². The molecule has 3 nitrogen and oxygen atoms in total. The number of nitrogens with zero attached hydrogens (tertiary/aromatic N) is 2. The lowest BCUT2D eigenvalue weighted by Gasteiger charge is -2.29. The number of rotatable bonds is 3. The minimum absolute atomic E-state index is 0.193. The number of aliphatic hydroxyl groups excluding tert-OH is 1. The summed E-state index contributed by atoms with van der Waals surface area (Å²) in [6.07, 6.45) is 0.759. The van der Waals surface area contributed by atoms with Crippen molar-refractivity contribution in [3.05, 3.63) is 30.1 Å². The van der Waals surface area contributed by atoms with E-state index in [9.17, 15) is 9.50 Å². The molecule has 1 N–H and O–H groups in total. The van der Waals surface area contributed by atoms with Crippen molar-refractivity contribution in [3.63, 3.8) is 0 Å². The van der Waals surface area contributed by atoms with Gasteiger partial charge in [-0.05, 0) is 37.6 Å². The molecule has 0 bridgehead atoms. The molecule has 106 valence electrons. The molecule has 2 rings (SSSR count). The summed E-state index contributed by atoms with van der Waals surface area (Å²) in [4.78, 5) is 4.54. The summed E-state index contributed by atoms with van der Waals surface area (Å²) < 4.78 is 13.4. The van der Waals surface area contributed by atoms with Crippen LogP contribution in [0.1, 0.15) is 13.3 Å². The Bertz CT molecular complexity index is 413. The summed E-state index contributed by atoms with van der Waals surface area (Å²) in [5.74, 6) is 0.332. The molecule has 0 spiro atoms. The van der Waals surface area contributed by atoms with Crippen LogP contribution in [0.15, 0.2) is 24.3 Å². The average molecular weight is 266 g/mol. The molecule has 0 aromatic heterocycles. The summed E-state index contributed by atoms with van der Waals surface area (Å²) in [7, 11) is 2.10. The minimum atomic E-state index is -0.193. The zero-order chi connectivity index (χ0) is 13.8. The van der Waals surface area contributed by atoms with E-state index in [4.69, 9.17) is 0 Å². The van der Waals surface area contributed by atoms with Crippen molar-refractivity contribution in [2.45, 2.75) is 19.4 Å². The number of hydrogen-bond acceptors (Lipinski definition) is 3. The van der Waals surface area contributed by atoms with Gasteiger partial charge in [-0.1, -0.05) is 13.0 Å². The maximum atomic E-state index is 13.4. The molecule has 1 aromatic rings. The van der Waals surface area contributed by atoms with E-state index < -0.39 is 0 Å². The molecule has 1 fully saturated rings. The highest BCUT2D eigenvalue weighted by Crippen LogP contribution is 2.22. The fourth-order valence-corrected chi connectivity index (χ4v) is 2.89. The number of anilines is 1. The van der Waals surface area contributed by atoms with Gasteiger partial charge in [-0.3, -0.25) is 0 Å². The van der Waals surface area contributed by atoms with Gasteiger partial charge in [0.1, 0.15) is 5.82 Å². The van der Waals surface area contributed by atoms with E-state index in [2.05, 4.69) is 23.8 Å². The van der Waals surface area contributed by atoms with Crippen LogP contribution in [-0.2, 0) is 0 Å². The van der Waals surface area contributed by atoms with Crippen molar-refractivity contribution in [3.8, 4) is 0 Å². The van der Waals surface area contributed by atoms with Crippen LogP contribution in [0, 0.1) is 11.7 Å². The number of likely N-dealkylation sites (N-methyl/N-ethyl adjacent to an activating group) is 1. The molecule has 1 heterocycles. The molecule has 2 atom stereocenters. The Morgan fingerprint density at radius 1 is 1.32 bits per heavy atom. The molecule has 2 unspecified atom stereocenters. The van der Waals surface area contributed by atoms with Crippen molar-refractivity contribution in [2.24, 2.45) is 5.92 Å². The lowest BCUT2D eigenvalue weighted by molar-refractivity contribution is 0.186. The van der Waals surface area contributed by atoms with Crippen molar-refractivity contribution >= 4 is 5.69 Å². The van der Waals surface area contributed by atoms with Crippen molar-refractivity contribution < 1.29 is 9.50 Å². The van der Waals surface area contributed by atoms with E-state index in [1.54, 1.807) is 12.1 Å². The molecule has 0 aliphatic carbocycles. The highest BCUT2D eigenvalue weighted by Gasteiger charge is 2.25. The van der Waals surface area contributed by atoms with Crippen LogP contribution in [0.5, 0.6) is 0 Å². The van der Waals surface area contributed by atoms with Crippen molar-refractivity contribution in [1.82, 2.24) is 4.90 Å². The SMILES string of the molecule is CC1CN(c2cccc(F)c2)CC(CCO)N(C)C1. The van der Waals surface area contributed by atoms with Crippen LogP contribution in [0.25, 0.3) is 0 Å². The fourth-order valence-electron chi connectivity index (χ4n) is 2.89. The number of halogens is 1. The van der Waals surface area contributed by atoms with Crippen LogP contribution in [0.3, 0.4) is 0 Å². The predicted octanol–water partition coefficient (Wildman–Crippen LogP) is 1.96. The molecule has 4 heteroatoms. The Balaban J connectivity index is 2.18. The standard InChI is InChI=1S/C15H23FN2O/c1-12-9-17(2)15(6-7-19)11-18(10-12)14-5-3-4-13(16)8-14/h3-5,8,12,15,19H,6-7,9-11H2,1-2H3. The molecular weight excluding hydrogens is 243 g/mol. The molecule has 1 aromatic carbocycles. The number of benzene rings is 1. The van der Waals surface area contributed by atoms with E-state index in [1.807, 2.05) is 6.07 Å². The Labute approximate surface area is 114 Å². The predicted molar refractivity (Wildman–Crippen MR) is 75.9 cm³/mol. The first-order valence-corrected chi connectivity index (χ1v) is 6.91. The van der Waals surface area contributed by atoms with Crippen LogP contribution < -0.4 is 4.90 Å². The monoisotopic (exact) mass is 266 g/mol. The Morgan fingerprint density at radius 2 is 2.11 bits per heavy atom. The Kier molecular flexibility index (Phi) is 4.77. The van der Waals surface area contributed by atoms with Gasteiger partial charge in [-0.15, -0.1) is 0 Å². The topological polar surface area (TPSA) is 26.7 Å². The molecule has 1 saturated heterocycles. The van der Waals surface area contributed by atoms with Gasteiger partial charge in [0.05, 0.1) is 0 Å². The van der Waals surface area contributed by atoms with E-state index in [1.165, 1.54) is 6.07 Å². The summed E-state index contributed by atoms with van der Waals surface area (Å²) in [6, 6.07) is 7.09. The third-order valence-corrected chi connectivity index (χ3v) is 3.82. The van der Waals surface area contributed by atoms with E-state index in [0.29, 0.717) is 12.0 Å². The second kappa shape index (κ2) is 6.35. The van der Waals surface area contributed by atoms with Crippen molar-refractivity contribution in [2.75, 3.05) is 38.2 Å². The van der Waals surface area contributed by atoms with Gasteiger partial charge in [-0.2, -0.15) is 0 Å². The van der Waals surface area contributed by atoms with Gasteiger partial charge >= 0.3 is 0 Å². The van der Waals surface area contributed by atoms with E-state index in [-0.39, 0.29) is 12.4 Å². The second-order valence-corrected chi connectivity index (χ2v) is 5.60. The second-order valence-electron chi connectivity index (χ2n) is 5.60. The number of hydrogen-bond donors (Lipinski definition) is 1. The largest absolute Gasteiger partial charge is 0.396 e. The molecule has 1 aliphatic rings. The van der Waals surface area contributed by atoms with Gasteiger partial charge in [0.2, 0.25) is 0 Å². The highest BCUT2D eigenvalue weighted by molar-refractivity contribution is 5.47. The van der Waals surface area contributed by atoms with Gasteiger partial charge in [0.15, 0.2) is 0 Å². The highest BCUT2D eigenvalue weighted by atomic mass is 19.1. The normalized spacial score (nSPS) is 25.4. The van der Waals surface area contributed by atoms with Crippen LogP contribution >= 0.6 is 0 Å². The molecule has 0 amide bonds. The fraction of sp³-hybridized carbons (Fsp3) is 0.600.